The van der Waals surface area contributed by atoms with E-state index in [2.05, 4.69) is 129 Å². The van der Waals surface area contributed by atoms with Gasteiger partial charge in [-0.2, -0.15) is 0 Å². The number of amides is 1. The molecule has 0 aromatic heterocycles. The molecule has 0 bridgehead atoms. The number of nitrogens with one attached hydrogen (secondary N) is 1. The second kappa shape index (κ2) is 44.4. The molecule has 0 aromatic rings. The topological polar surface area (TPSA) is 307 Å². The van der Waals surface area contributed by atoms with Gasteiger partial charge in [0.2, 0.25) is 5.91 Å². The molecule has 464 valence electrons. The minimum atomic E-state index is -1.99. The molecule has 19 heteroatoms. The third-order valence-electron chi connectivity index (χ3n) is 13.7. The van der Waals surface area contributed by atoms with Gasteiger partial charge in [0.05, 0.1) is 38.6 Å². The van der Waals surface area contributed by atoms with Crippen LogP contribution in [-0.4, -0.2) is 193 Å². The van der Waals surface area contributed by atoms with Crippen molar-refractivity contribution in [3.63, 3.8) is 0 Å². The summed E-state index contributed by atoms with van der Waals surface area (Å²) in [5.74, 6) is -0.355. The van der Waals surface area contributed by atoms with Crippen molar-refractivity contribution in [1.29, 1.82) is 0 Å². The standard InChI is InChI=1S/C63H99NO18/c1-3-5-7-9-11-13-14-15-16-17-18-19-20-21-22-23-24-25-26-27-28-29-30-31-32-33-35-37-39-41-51(69)64-46(47(68)40-38-36-34-12-10-8-6-4-2)45-77-61-57(75)54(72)59(49(43-66)79-61)82-63-58(76)55(73)60(50(44-67)80-63)81-62-56(74)53(71)52(70)48(42-65)78-62/h5,7,10-13,15-16,18-19,21-22,24-25,27-28,30-31,33,35,38,40,46-50,52-63,65-68,70-76H,3-4,6,8-9,14,17,20,23,26,29,32,34,36-37,39,41-45H2,1-2H3,(H,64,69)/b7-5-,12-10+,13-11-,16-15-,19-18-,22-21-,25-24-,28-27-,31-30-,35-33-,40-38+. The van der Waals surface area contributed by atoms with E-state index in [9.17, 15) is 61.0 Å². The molecule has 12 N–H and O–H groups in total. The quantitative estimate of drug-likeness (QED) is 0.0281. The molecular weight excluding hydrogens is 1060 g/mol. The highest BCUT2D eigenvalue weighted by atomic mass is 16.8. The summed E-state index contributed by atoms with van der Waals surface area (Å²) in [7, 11) is 0. The van der Waals surface area contributed by atoms with Crippen LogP contribution in [0.3, 0.4) is 0 Å². The van der Waals surface area contributed by atoms with E-state index >= 15 is 0 Å². The van der Waals surface area contributed by atoms with Crippen LogP contribution in [-0.2, 0) is 33.2 Å². The van der Waals surface area contributed by atoms with E-state index in [1.165, 1.54) is 0 Å². The molecule has 3 aliphatic heterocycles. The Labute approximate surface area is 486 Å². The van der Waals surface area contributed by atoms with E-state index in [4.69, 9.17) is 28.4 Å². The first kappa shape index (κ1) is 72.2. The van der Waals surface area contributed by atoms with Gasteiger partial charge >= 0.3 is 0 Å². The second-order valence-electron chi connectivity index (χ2n) is 20.4. The fourth-order valence-electron chi connectivity index (χ4n) is 8.84. The number of ether oxygens (including phenoxy) is 6. The summed E-state index contributed by atoms with van der Waals surface area (Å²) < 4.78 is 34.0. The number of aliphatic hydroxyl groups is 11. The van der Waals surface area contributed by atoms with Crippen molar-refractivity contribution in [2.45, 2.75) is 227 Å². The Morgan fingerprint density at radius 3 is 1.29 bits per heavy atom. The van der Waals surface area contributed by atoms with Crippen LogP contribution in [0.2, 0.25) is 0 Å². The van der Waals surface area contributed by atoms with Crippen LogP contribution >= 0.6 is 0 Å². The Morgan fingerprint density at radius 1 is 0.451 bits per heavy atom. The van der Waals surface area contributed by atoms with Crippen LogP contribution in [0.15, 0.2) is 134 Å². The number of rotatable bonds is 40. The van der Waals surface area contributed by atoms with Gasteiger partial charge in [0.1, 0.15) is 73.2 Å². The average Bonchev–Trinajstić information content (AvgIpc) is 3.60. The molecule has 19 nitrogen and oxygen atoms in total. The molecule has 3 fully saturated rings. The number of carbonyl (C=O) groups is 1. The molecule has 17 atom stereocenters. The van der Waals surface area contributed by atoms with E-state index < -0.39 is 131 Å². The SMILES string of the molecule is CC/C=C\C/C=C\C/C=C\C/C=C\C/C=C\C/C=C\C/C=C\C/C=C\C/C=C\CCCC(=O)NC(COC1OC(CO)C(OC2OC(CO)C(OC3OC(CO)C(O)C(O)C3O)C(O)C2O)C(O)C1O)C(O)/C=C/CC/C=C/CCCC. The number of unbranched alkanes of at least 4 members (excludes halogenated alkanes) is 4. The first-order chi connectivity index (χ1) is 39.8. The lowest BCUT2D eigenvalue weighted by molar-refractivity contribution is -0.379. The largest absolute Gasteiger partial charge is 0.394 e. The summed E-state index contributed by atoms with van der Waals surface area (Å²) in [5.41, 5.74) is 0. The first-order valence-corrected chi connectivity index (χ1v) is 29.4. The Kier molecular flexibility index (Phi) is 39.1. The van der Waals surface area contributed by atoms with Crippen molar-refractivity contribution < 1.29 is 89.4 Å². The summed E-state index contributed by atoms with van der Waals surface area (Å²) in [6.45, 7) is 1.40. The Morgan fingerprint density at radius 2 is 0.829 bits per heavy atom. The monoisotopic (exact) mass is 1160 g/mol. The van der Waals surface area contributed by atoms with Gasteiger partial charge in [0, 0.05) is 6.42 Å². The maximum Gasteiger partial charge on any atom is 0.220 e. The summed E-state index contributed by atoms with van der Waals surface area (Å²) in [6, 6.07) is -1.03. The van der Waals surface area contributed by atoms with E-state index in [0.29, 0.717) is 19.3 Å². The van der Waals surface area contributed by atoms with Crippen LogP contribution in [0.5, 0.6) is 0 Å². The lowest BCUT2D eigenvalue weighted by atomic mass is 9.96. The molecule has 3 rings (SSSR count). The fourth-order valence-corrected chi connectivity index (χ4v) is 8.84. The zero-order valence-corrected chi connectivity index (χ0v) is 48.1. The van der Waals surface area contributed by atoms with Crippen LogP contribution in [0.1, 0.15) is 123 Å². The predicted octanol–water partition coefficient (Wildman–Crippen LogP) is 5.09. The summed E-state index contributed by atoms with van der Waals surface area (Å²) in [4.78, 5) is 13.2. The normalized spacial score (nSPS) is 30.6. The van der Waals surface area contributed by atoms with E-state index in [-0.39, 0.29) is 12.3 Å². The number of hydrogen-bond donors (Lipinski definition) is 12. The molecule has 17 unspecified atom stereocenters. The minimum Gasteiger partial charge on any atom is -0.394 e. The predicted molar refractivity (Wildman–Crippen MR) is 313 cm³/mol. The van der Waals surface area contributed by atoms with Gasteiger partial charge < -0.3 is 89.9 Å². The molecule has 3 saturated heterocycles. The third kappa shape index (κ3) is 27.8. The molecule has 0 aromatic carbocycles. The van der Waals surface area contributed by atoms with Crippen molar-refractivity contribution in [1.82, 2.24) is 5.32 Å². The lowest BCUT2D eigenvalue weighted by Gasteiger charge is -2.48. The molecule has 0 aliphatic carbocycles. The molecule has 0 radical (unpaired) electrons. The van der Waals surface area contributed by atoms with E-state index in [1.54, 1.807) is 12.2 Å². The van der Waals surface area contributed by atoms with Crippen LogP contribution in [0.25, 0.3) is 0 Å². The average molecular weight is 1160 g/mol. The van der Waals surface area contributed by atoms with Crippen LogP contribution < -0.4 is 5.32 Å². The Bertz CT molecular complexity index is 2010. The van der Waals surface area contributed by atoms with Crippen LogP contribution in [0, 0.1) is 0 Å². The Hall–Kier alpha value is -4.07. The van der Waals surface area contributed by atoms with E-state index in [0.717, 1.165) is 83.5 Å². The van der Waals surface area contributed by atoms with Gasteiger partial charge in [-0.3, -0.25) is 4.79 Å². The molecule has 3 aliphatic rings. The molecule has 82 heavy (non-hydrogen) atoms. The molecule has 0 saturated carbocycles. The third-order valence-corrected chi connectivity index (χ3v) is 13.7. The highest BCUT2D eigenvalue weighted by Gasteiger charge is 2.53. The van der Waals surface area contributed by atoms with Crippen molar-refractivity contribution in [2.24, 2.45) is 0 Å². The Balaban J connectivity index is 1.44. The summed E-state index contributed by atoms with van der Waals surface area (Å²) >= 11 is 0. The van der Waals surface area contributed by atoms with Crippen molar-refractivity contribution in [3.05, 3.63) is 134 Å². The molecule has 1 amide bonds. The lowest BCUT2D eigenvalue weighted by Crippen LogP contribution is -2.66. The number of allylic oxidation sites excluding steroid dienone is 21. The number of carbonyl (C=O) groups excluding carboxylic acids is 1. The van der Waals surface area contributed by atoms with Gasteiger partial charge in [-0.25, -0.2) is 0 Å². The van der Waals surface area contributed by atoms with Crippen molar-refractivity contribution >= 4 is 5.91 Å². The van der Waals surface area contributed by atoms with Gasteiger partial charge in [-0.1, -0.05) is 160 Å². The van der Waals surface area contributed by atoms with Gasteiger partial charge in [0.15, 0.2) is 18.9 Å². The molecular formula is C63H99NO18. The smallest absolute Gasteiger partial charge is 0.220 e. The molecule has 3 heterocycles. The molecule has 0 spiro atoms. The zero-order chi connectivity index (χ0) is 59.7. The van der Waals surface area contributed by atoms with Crippen molar-refractivity contribution in [3.8, 4) is 0 Å². The van der Waals surface area contributed by atoms with Gasteiger partial charge in [-0.05, 0) is 89.9 Å². The number of aliphatic hydroxyl groups excluding tert-OH is 11. The van der Waals surface area contributed by atoms with Gasteiger partial charge in [0.25, 0.3) is 0 Å². The van der Waals surface area contributed by atoms with Crippen LogP contribution in [0.4, 0.5) is 0 Å². The minimum absolute atomic E-state index is 0.144. The highest BCUT2D eigenvalue weighted by molar-refractivity contribution is 5.76. The van der Waals surface area contributed by atoms with Crippen molar-refractivity contribution in [2.75, 3.05) is 26.4 Å². The van der Waals surface area contributed by atoms with E-state index in [1.807, 2.05) is 12.2 Å². The summed E-state index contributed by atoms with van der Waals surface area (Å²) in [5, 5.41) is 120. The first-order valence-electron chi connectivity index (χ1n) is 29.4. The highest BCUT2D eigenvalue weighted by Crippen LogP contribution is 2.33. The fraction of sp³-hybridized carbons (Fsp3) is 0.635. The second-order valence-corrected chi connectivity index (χ2v) is 20.4. The number of hydrogen-bond acceptors (Lipinski definition) is 18. The van der Waals surface area contributed by atoms with Gasteiger partial charge in [-0.15, -0.1) is 0 Å². The summed E-state index contributed by atoms with van der Waals surface area (Å²) in [6.07, 6.45) is 33.4. The maximum absolute atomic E-state index is 13.2. The maximum atomic E-state index is 13.2. The zero-order valence-electron chi connectivity index (χ0n) is 48.1.